The van der Waals surface area contributed by atoms with Crippen LogP contribution in [0.25, 0.3) is 0 Å². The Morgan fingerprint density at radius 2 is 1.95 bits per heavy atom. The topological polar surface area (TPSA) is 41.5 Å². The molecule has 0 aliphatic rings. The van der Waals surface area contributed by atoms with Crippen molar-refractivity contribution >= 4 is 0 Å². The van der Waals surface area contributed by atoms with Gasteiger partial charge in [-0.05, 0) is 31.7 Å². The maximum Gasteiger partial charge on any atom is 0.124 e. The van der Waals surface area contributed by atoms with E-state index in [9.17, 15) is 0 Å². The number of benzene rings is 1. The third-order valence-corrected chi connectivity index (χ3v) is 3.04. The average molecular weight is 265 g/mol. The summed E-state index contributed by atoms with van der Waals surface area (Å²) in [5.41, 5.74) is 1.29. The highest BCUT2D eigenvalue weighted by Gasteiger charge is 2.16. The average Bonchev–Trinajstić information content (AvgIpc) is 2.30. The maximum absolute atomic E-state index is 9.01. The highest BCUT2D eigenvalue weighted by Crippen LogP contribution is 2.21. The summed E-state index contributed by atoms with van der Waals surface area (Å²) in [5, 5.41) is 12.5. The number of nitrogens with one attached hydrogen (secondary N) is 1. The van der Waals surface area contributed by atoms with Crippen LogP contribution < -0.4 is 10.1 Å². The first-order valence-electron chi connectivity index (χ1n) is 7.01. The van der Waals surface area contributed by atoms with Gasteiger partial charge in [0.05, 0.1) is 6.10 Å². The molecule has 0 unspecified atom stereocenters. The largest absolute Gasteiger partial charge is 0.491 e. The molecular weight excluding hydrogens is 238 g/mol. The zero-order chi connectivity index (χ0) is 14.3. The normalized spacial score (nSPS) is 11.9. The molecule has 0 aromatic heterocycles. The van der Waals surface area contributed by atoms with Gasteiger partial charge in [0.1, 0.15) is 5.75 Å². The van der Waals surface area contributed by atoms with Crippen LogP contribution >= 0.6 is 0 Å². The lowest BCUT2D eigenvalue weighted by atomic mass is 9.90. The number of aliphatic hydroxyl groups is 1. The molecule has 0 fully saturated rings. The Hall–Kier alpha value is -1.06. The second-order valence-electron chi connectivity index (χ2n) is 6.02. The van der Waals surface area contributed by atoms with Gasteiger partial charge in [-0.1, -0.05) is 32.0 Å². The third kappa shape index (κ3) is 6.08. The summed E-state index contributed by atoms with van der Waals surface area (Å²) >= 11 is 0. The van der Waals surface area contributed by atoms with Crippen molar-refractivity contribution in [1.82, 2.24) is 5.32 Å². The summed E-state index contributed by atoms with van der Waals surface area (Å²) in [4.78, 5) is 0. The van der Waals surface area contributed by atoms with Gasteiger partial charge in [0.15, 0.2) is 0 Å². The van der Waals surface area contributed by atoms with E-state index in [1.54, 1.807) is 0 Å². The number of para-hydroxylation sites is 1. The Bertz CT molecular complexity index is 375. The van der Waals surface area contributed by atoms with E-state index in [2.05, 4.69) is 25.2 Å². The van der Waals surface area contributed by atoms with Crippen molar-refractivity contribution in [3.8, 4) is 5.75 Å². The SMILES string of the molecule is CC(C)Oc1ccccc1CNCC(C)(C)CCO. The van der Waals surface area contributed by atoms with E-state index in [0.717, 1.165) is 25.3 Å². The van der Waals surface area contributed by atoms with Crippen molar-refractivity contribution in [2.24, 2.45) is 5.41 Å². The highest BCUT2D eigenvalue weighted by atomic mass is 16.5. The maximum atomic E-state index is 9.01. The smallest absolute Gasteiger partial charge is 0.124 e. The Morgan fingerprint density at radius 1 is 1.26 bits per heavy atom. The number of ether oxygens (including phenoxy) is 1. The molecule has 0 atom stereocenters. The first kappa shape index (κ1) is 16.0. The molecule has 0 amide bonds. The first-order valence-corrected chi connectivity index (χ1v) is 7.01. The Labute approximate surface area is 117 Å². The molecule has 0 spiro atoms. The number of aliphatic hydroxyl groups excluding tert-OH is 1. The second-order valence-corrected chi connectivity index (χ2v) is 6.02. The molecule has 1 rings (SSSR count). The third-order valence-electron chi connectivity index (χ3n) is 3.04. The van der Waals surface area contributed by atoms with E-state index in [1.165, 1.54) is 5.56 Å². The number of rotatable bonds is 8. The lowest BCUT2D eigenvalue weighted by Crippen LogP contribution is -2.30. The van der Waals surface area contributed by atoms with Crippen LogP contribution in [0.15, 0.2) is 24.3 Å². The molecule has 0 aliphatic carbocycles. The lowest BCUT2D eigenvalue weighted by molar-refractivity contribution is 0.206. The summed E-state index contributed by atoms with van der Waals surface area (Å²) in [7, 11) is 0. The molecule has 1 aromatic rings. The molecule has 19 heavy (non-hydrogen) atoms. The predicted molar refractivity (Wildman–Crippen MR) is 79.4 cm³/mol. The van der Waals surface area contributed by atoms with Gasteiger partial charge in [-0.3, -0.25) is 0 Å². The summed E-state index contributed by atoms with van der Waals surface area (Å²) in [5.74, 6) is 0.949. The van der Waals surface area contributed by atoms with E-state index in [-0.39, 0.29) is 18.1 Å². The molecule has 3 heteroatoms. The van der Waals surface area contributed by atoms with Gasteiger partial charge in [-0.25, -0.2) is 0 Å². The molecular formula is C16H27NO2. The van der Waals surface area contributed by atoms with Crippen LogP contribution in [0.4, 0.5) is 0 Å². The molecule has 0 saturated carbocycles. The van der Waals surface area contributed by atoms with Crippen LogP contribution in [0, 0.1) is 5.41 Å². The molecule has 0 heterocycles. The minimum atomic E-state index is 0.114. The van der Waals surface area contributed by atoms with E-state index in [1.807, 2.05) is 32.0 Å². The van der Waals surface area contributed by atoms with Crippen molar-refractivity contribution in [2.75, 3.05) is 13.2 Å². The lowest BCUT2D eigenvalue weighted by Gasteiger charge is -2.24. The van der Waals surface area contributed by atoms with E-state index < -0.39 is 0 Å². The fourth-order valence-electron chi connectivity index (χ4n) is 1.95. The Balaban J connectivity index is 2.53. The van der Waals surface area contributed by atoms with Crippen molar-refractivity contribution < 1.29 is 9.84 Å². The quantitative estimate of drug-likeness (QED) is 0.759. The Kier molecular flexibility index (Phi) is 6.32. The van der Waals surface area contributed by atoms with Gasteiger partial charge in [0.25, 0.3) is 0 Å². The molecule has 0 radical (unpaired) electrons. The van der Waals surface area contributed by atoms with Crippen LogP contribution in [0.5, 0.6) is 5.75 Å². The summed E-state index contributed by atoms with van der Waals surface area (Å²) in [6.45, 7) is 10.3. The van der Waals surface area contributed by atoms with E-state index in [0.29, 0.717) is 0 Å². The molecule has 1 aromatic carbocycles. The van der Waals surface area contributed by atoms with Crippen LogP contribution in [0.3, 0.4) is 0 Å². The fraction of sp³-hybridized carbons (Fsp3) is 0.625. The zero-order valence-electron chi connectivity index (χ0n) is 12.6. The minimum Gasteiger partial charge on any atom is -0.491 e. The van der Waals surface area contributed by atoms with Crippen molar-refractivity contribution in [3.63, 3.8) is 0 Å². The molecule has 2 N–H and O–H groups in total. The van der Waals surface area contributed by atoms with Gasteiger partial charge < -0.3 is 15.2 Å². The number of hydrogen-bond donors (Lipinski definition) is 2. The van der Waals surface area contributed by atoms with Gasteiger partial charge >= 0.3 is 0 Å². The number of hydrogen-bond acceptors (Lipinski definition) is 3. The van der Waals surface area contributed by atoms with Gasteiger partial charge in [0, 0.05) is 25.3 Å². The van der Waals surface area contributed by atoms with Gasteiger partial charge in [0.2, 0.25) is 0 Å². The van der Waals surface area contributed by atoms with Crippen LogP contribution in [-0.4, -0.2) is 24.4 Å². The van der Waals surface area contributed by atoms with E-state index >= 15 is 0 Å². The second kappa shape index (κ2) is 7.51. The fourth-order valence-corrected chi connectivity index (χ4v) is 1.95. The zero-order valence-corrected chi connectivity index (χ0v) is 12.6. The molecule has 0 saturated heterocycles. The van der Waals surface area contributed by atoms with Gasteiger partial charge in [-0.15, -0.1) is 0 Å². The van der Waals surface area contributed by atoms with Crippen molar-refractivity contribution in [3.05, 3.63) is 29.8 Å². The Morgan fingerprint density at radius 3 is 2.58 bits per heavy atom. The highest BCUT2D eigenvalue weighted by molar-refractivity contribution is 5.33. The summed E-state index contributed by atoms with van der Waals surface area (Å²) < 4.78 is 5.80. The monoisotopic (exact) mass is 265 g/mol. The molecule has 0 bridgehead atoms. The summed E-state index contributed by atoms with van der Waals surface area (Å²) in [6.07, 6.45) is 0.997. The molecule has 0 aliphatic heterocycles. The predicted octanol–water partition coefficient (Wildman–Crippen LogP) is 2.97. The van der Waals surface area contributed by atoms with Crippen LogP contribution in [-0.2, 0) is 6.54 Å². The van der Waals surface area contributed by atoms with Gasteiger partial charge in [-0.2, -0.15) is 0 Å². The van der Waals surface area contributed by atoms with Crippen molar-refractivity contribution in [1.29, 1.82) is 0 Å². The van der Waals surface area contributed by atoms with Crippen molar-refractivity contribution in [2.45, 2.75) is 46.8 Å². The molecule has 3 nitrogen and oxygen atoms in total. The summed E-state index contributed by atoms with van der Waals surface area (Å²) in [6, 6.07) is 8.12. The van der Waals surface area contributed by atoms with Crippen LogP contribution in [0.2, 0.25) is 0 Å². The first-order chi connectivity index (χ1) is 8.94. The van der Waals surface area contributed by atoms with E-state index in [4.69, 9.17) is 9.84 Å². The standard InChI is InChI=1S/C16H27NO2/c1-13(2)19-15-8-6-5-7-14(15)11-17-12-16(3,4)9-10-18/h5-8,13,17-18H,9-12H2,1-4H3. The minimum absolute atomic E-state index is 0.114. The van der Waals surface area contributed by atoms with Crippen LogP contribution in [0.1, 0.15) is 39.7 Å². The molecule has 108 valence electrons.